The average molecular weight is 277 g/mol. The molecule has 4 heteroatoms. The molecule has 20 heavy (non-hydrogen) atoms. The van der Waals surface area contributed by atoms with Crippen LogP contribution < -0.4 is 9.47 Å². The van der Waals surface area contributed by atoms with Crippen LogP contribution in [0.4, 0.5) is 0 Å². The van der Waals surface area contributed by atoms with E-state index < -0.39 is 0 Å². The molecule has 0 aromatic heterocycles. The minimum atomic E-state index is 0.0304. The Labute approximate surface area is 120 Å². The second-order valence-electron chi connectivity index (χ2n) is 5.24. The third kappa shape index (κ3) is 3.65. The summed E-state index contributed by atoms with van der Waals surface area (Å²) in [5.41, 5.74) is 0. The maximum Gasteiger partial charge on any atom is 0.260 e. The molecule has 4 nitrogen and oxygen atoms in total. The Balaban J connectivity index is 1.87. The summed E-state index contributed by atoms with van der Waals surface area (Å²) in [4.78, 5) is 14.0. The number of methoxy groups -OCH3 is 1. The van der Waals surface area contributed by atoms with Crippen molar-refractivity contribution in [2.75, 3.05) is 20.8 Å². The minimum absolute atomic E-state index is 0.0304. The van der Waals surface area contributed by atoms with Crippen molar-refractivity contribution < 1.29 is 14.3 Å². The number of para-hydroxylation sites is 2. The number of amides is 1. The number of benzene rings is 1. The van der Waals surface area contributed by atoms with E-state index in [1.165, 1.54) is 19.3 Å². The molecular weight excluding hydrogens is 254 g/mol. The van der Waals surface area contributed by atoms with Gasteiger partial charge in [0.05, 0.1) is 7.11 Å². The molecule has 0 radical (unpaired) electrons. The summed E-state index contributed by atoms with van der Waals surface area (Å²) < 4.78 is 10.8. The summed E-state index contributed by atoms with van der Waals surface area (Å²) in [7, 11) is 3.47. The molecule has 0 heterocycles. The maximum atomic E-state index is 12.2. The van der Waals surface area contributed by atoms with Crippen molar-refractivity contribution in [1.29, 1.82) is 0 Å². The summed E-state index contributed by atoms with van der Waals surface area (Å²) in [6, 6.07) is 7.75. The standard InChI is InChI=1S/C16H23NO3/c1-17(13-8-4-3-5-9-13)16(18)12-20-15-11-7-6-10-14(15)19-2/h6-7,10-11,13H,3-5,8-9,12H2,1-2H3. The molecule has 0 unspecified atom stereocenters. The highest BCUT2D eigenvalue weighted by Gasteiger charge is 2.22. The Bertz CT molecular complexity index is 441. The molecule has 1 aromatic rings. The van der Waals surface area contributed by atoms with Crippen LogP contribution in [0.25, 0.3) is 0 Å². The Kier molecular flexibility index (Phi) is 5.27. The number of ether oxygens (including phenoxy) is 2. The molecule has 0 atom stereocenters. The summed E-state index contributed by atoms with van der Waals surface area (Å²) >= 11 is 0. The van der Waals surface area contributed by atoms with Crippen molar-refractivity contribution >= 4 is 5.91 Å². The lowest BCUT2D eigenvalue weighted by molar-refractivity contribution is -0.134. The van der Waals surface area contributed by atoms with Gasteiger partial charge in [-0.3, -0.25) is 4.79 Å². The first-order valence-electron chi connectivity index (χ1n) is 7.24. The average Bonchev–Trinajstić information content (AvgIpc) is 2.53. The largest absolute Gasteiger partial charge is 0.493 e. The molecular formula is C16H23NO3. The van der Waals surface area contributed by atoms with E-state index >= 15 is 0 Å². The molecule has 110 valence electrons. The molecule has 1 fully saturated rings. The van der Waals surface area contributed by atoms with E-state index in [1.807, 2.05) is 36.2 Å². The van der Waals surface area contributed by atoms with E-state index in [0.717, 1.165) is 12.8 Å². The first-order chi connectivity index (χ1) is 9.72. The first-order valence-corrected chi connectivity index (χ1v) is 7.24. The van der Waals surface area contributed by atoms with Crippen LogP contribution in [-0.2, 0) is 4.79 Å². The second kappa shape index (κ2) is 7.17. The number of hydrogen-bond acceptors (Lipinski definition) is 3. The number of rotatable bonds is 5. The molecule has 1 aromatic carbocycles. The first kappa shape index (κ1) is 14.7. The number of nitrogens with zero attached hydrogens (tertiary/aromatic N) is 1. The van der Waals surface area contributed by atoms with Crippen LogP contribution in [0.2, 0.25) is 0 Å². The van der Waals surface area contributed by atoms with Crippen LogP contribution >= 0.6 is 0 Å². The molecule has 1 saturated carbocycles. The topological polar surface area (TPSA) is 38.8 Å². The van der Waals surface area contributed by atoms with E-state index in [9.17, 15) is 4.79 Å². The molecule has 0 bridgehead atoms. The van der Waals surface area contributed by atoms with Crippen molar-refractivity contribution in [3.8, 4) is 11.5 Å². The lowest BCUT2D eigenvalue weighted by atomic mass is 9.94. The highest BCUT2D eigenvalue weighted by atomic mass is 16.5. The zero-order chi connectivity index (χ0) is 14.4. The van der Waals surface area contributed by atoms with Gasteiger partial charge in [-0.05, 0) is 25.0 Å². The minimum Gasteiger partial charge on any atom is -0.493 e. The van der Waals surface area contributed by atoms with Crippen LogP contribution in [0.3, 0.4) is 0 Å². The monoisotopic (exact) mass is 277 g/mol. The second-order valence-corrected chi connectivity index (χ2v) is 5.24. The Morgan fingerprint density at radius 1 is 1.20 bits per heavy atom. The fourth-order valence-electron chi connectivity index (χ4n) is 2.65. The zero-order valence-corrected chi connectivity index (χ0v) is 12.3. The lowest BCUT2D eigenvalue weighted by Gasteiger charge is -2.31. The van der Waals surface area contributed by atoms with Gasteiger partial charge in [0, 0.05) is 13.1 Å². The number of carbonyl (C=O) groups excluding carboxylic acids is 1. The molecule has 2 rings (SSSR count). The van der Waals surface area contributed by atoms with Gasteiger partial charge in [-0.25, -0.2) is 0 Å². The molecule has 0 N–H and O–H groups in total. The molecule has 0 spiro atoms. The molecule has 1 aliphatic rings. The molecule has 1 aliphatic carbocycles. The van der Waals surface area contributed by atoms with Crippen molar-refractivity contribution in [3.63, 3.8) is 0 Å². The van der Waals surface area contributed by atoms with Gasteiger partial charge < -0.3 is 14.4 Å². The summed E-state index contributed by atoms with van der Waals surface area (Å²) in [5.74, 6) is 1.30. The van der Waals surface area contributed by atoms with Crippen LogP contribution in [0.1, 0.15) is 32.1 Å². The van der Waals surface area contributed by atoms with Crippen LogP contribution in [0, 0.1) is 0 Å². The van der Waals surface area contributed by atoms with Gasteiger partial charge in [0.25, 0.3) is 5.91 Å². The van der Waals surface area contributed by atoms with Gasteiger partial charge in [0.2, 0.25) is 0 Å². The fourth-order valence-corrected chi connectivity index (χ4v) is 2.65. The predicted molar refractivity (Wildman–Crippen MR) is 78.1 cm³/mol. The van der Waals surface area contributed by atoms with E-state index in [1.54, 1.807) is 7.11 Å². The molecule has 0 aliphatic heterocycles. The van der Waals surface area contributed by atoms with Crippen molar-refractivity contribution in [2.24, 2.45) is 0 Å². The van der Waals surface area contributed by atoms with Gasteiger partial charge in [0.1, 0.15) is 0 Å². The summed E-state index contributed by atoms with van der Waals surface area (Å²) in [6.45, 7) is 0.0629. The highest BCUT2D eigenvalue weighted by Crippen LogP contribution is 2.26. The smallest absolute Gasteiger partial charge is 0.260 e. The normalized spacial score (nSPS) is 15.7. The number of hydrogen-bond donors (Lipinski definition) is 0. The van der Waals surface area contributed by atoms with Crippen LogP contribution in [0.15, 0.2) is 24.3 Å². The van der Waals surface area contributed by atoms with Crippen LogP contribution in [0.5, 0.6) is 11.5 Å². The Hall–Kier alpha value is -1.71. The summed E-state index contributed by atoms with van der Waals surface area (Å²) in [6.07, 6.45) is 5.94. The van der Waals surface area contributed by atoms with Crippen molar-refractivity contribution in [1.82, 2.24) is 4.90 Å². The predicted octanol–water partition coefficient (Wildman–Crippen LogP) is 2.87. The van der Waals surface area contributed by atoms with E-state index in [2.05, 4.69) is 0 Å². The number of likely N-dealkylation sites (N-methyl/N-ethyl adjacent to an activating group) is 1. The van der Waals surface area contributed by atoms with Crippen molar-refractivity contribution in [2.45, 2.75) is 38.1 Å². The maximum absolute atomic E-state index is 12.2. The van der Waals surface area contributed by atoms with Gasteiger partial charge in [-0.15, -0.1) is 0 Å². The third-order valence-electron chi connectivity index (χ3n) is 3.94. The number of carbonyl (C=O) groups is 1. The lowest BCUT2D eigenvalue weighted by Crippen LogP contribution is -2.40. The van der Waals surface area contributed by atoms with Gasteiger partial charge in [0.15, 0.2) is 18.1 Å². The van der Waals surface area contributed by atoms with Gasteiger partial charge >= 0.3 is 0 Å². The zero-order valence-electron chi connectivity index (χ0n) is 12.3. The summed E-state index contributed by atoms with van der Waals surface area (Å²) in [5, 5.41) is 0. The fraction of sp³-hybridized carbons (Fsp3) is 0.562. The van der Waals surface area contributed by atoms with Crippen LogP contribution in [-0.4, -0.2) is 37.6 Å². The van der Waals surface area contributed by atoms with E-state index in [0.29, 0.717) is 17.5 Å². The van der Waals surface area contributed by atoms with Gasteiger partial charge in [-0.2, -0.15) is 0 Å². The molecule has 0 saturated heterocycles. The van der Waals surface area contributed by atoms with E-state index in [-0.39, 0.29) is 12.5 Å². The molecule has 1 amide bonds. The SMILES string of the molecule is COc1ccccc1OCC(=O)N(C)C1CCCCC1. The highest BCUT2D eigenvalue weighted by molar-refractivity contribution is 5.77. The Morgan fingerprint density at radius 2 is 1.85 bits per heavy atom. The Morgan fingerprint density at radius 3 is 2.50 bits per heavy atom. The van der Waals surface area contributed by atoms with Gasteiger partial charge in [-0.1, -0.05) is 31.4 Å². The third-order valence-corrected chi connectivity index (χ3v) is 3.94. The quantitative estimate of drug-likeness (QED) is 0.830. The van der Waals surface area contributed by atoms with Crippen molar-refractivity contribution in [3.05, 3.63) is 24.3 Å². The van der Waals surface area contributed by atoms with E-state index in [4.69, 9.17) is 9.47 Å².